The van der Waals surface area contributed by atoms with Gasteiger partial charge < -0.3 is 14.8 Å². The summed E-state index contributed by atoms with van der Waals surface area (Å²) in [6.07, 6.45) is 5.51. The summed E-state index contributed by atoms with van der Waals surface area (Å²) < 4.78 is 13.0. The number of hydrogen-bond donors (Lipinski definition) is 1. The SMILES string of the molecule is CCn1ncc2c(NC3CCOC(=O)C3)c(C3=N[C@@H](Cc4ccccc4)CO3)cnc21. The van der Waals surface area contributed by atoms with Crippen molar-refractivity contribution < 1.29 is 14.3 Å². The van der Waals surface area contributed by atoms with Gasteiger partial charge in [-0.3, -0.25) is 4.79 Å². The topological polar surface area (TPSA) is 90.6 Å². The van der Waals surface area contributed by atoms with Crippen molar-refractivity contribution in [3.63, 3.8) is 0 Å². The minimum absolute atomic E-state index is 0.0160. The van der Waals surface area contributed by atoms with Gasteiger partial charge in [0.25, 0.3) is 0 Å². The summed E-state index contributed by atoms with van der Waals surface area (Å²) in [7, 11) is 0. The van der Waals surface area contributed by atoms with Gasteiger partial charge in [-0.05, 0) is 18.9 Å². The zero-order valence-electron chi connectivity index (χ0n) is 17.5. The smallest absolute Gasteiger partial charge is 0.307 e. The molecule has 2 atom stereocenters. The number of rotatable bonds is 6. The normalized spacial score (nSPS) is 20.9. The first-order valence-electron chi connectivity index (χ1n) is 10.7. The van der Waals surface area contributed by atoms with Crippen molar-refractivity contribution >= 4 is 28.6 Å². The molecule has 5 rings (SSSR count). The van der Waals surface area contributed by atoms with E-state index < -0.39 is 0 Å². The Morgan fingerprint density at radius 2 is 2.06 bits per heavy atom. The first-order valence-corrected chi connectivity index (χ1v) is 10.7. The molecule has 0 amide bonds. The molecular weight excluding hydrogens is 394 g/mol. The maximum Gasteiger partial charge on any atom is 0.307 e. The molecule has 0 spiro atoms. The summed E-state index contributed by atoms with van der Waals surface area (Å²) in [4.78, 5) is 21.3. The Bertz CT molecular complexity index is 1120. The Hall–Kier alpha value is -3.42. The molecule has 1 aromatic carbocycles. The highest BCUT2D eigenvalue weighted by molar-refractivity contribution is 6.07. The van der Waals surface area contributed by atoms with Crippen LogP contribution in [0.2, 0.25) is 0 Å². The number of fused-ring (bicyclic) bond motifs is 1. The number of benzene rings is 1. The second-order valence-electron chi connectivity index (χ2n) is 7.89. The summed E-state index contributed by atoms with van der Waals surface area (Å²) in [6.45, 7) is 3.71. The standard InChI is InChI=1S/C23H25N5O3/c1-2-28-22-18(13-25-28)21(26-16-8-9-30-20(29)11-16)19(12-24-22)23-27-17(14-31-23)10-15-6-4-3-5-7-15/h3-7,12-13,16-17H,2,8-11,14H2,1H3,(H,24,26)/t16?,17-/m0/s1. The van der Waals surface area contributed by atoms with E-state index in [2.05, 4.69) is 27.5 Å². The van der Waals surface area contributed by atoms with Crippen LogP contribution < -0.4 is 5.32 Å². The third-order valence-corrected chi connectivity index (χ3v) is 5.71. The number of anilines is 1. The van der Waals surface area contributed by atoms with Gasteiger partial charge in [0.2, 0.25) is 5.90 Å². The number of cyclic esters (lactones) is 1. The minimum Gasteiger partial charge on any atom is -0.475 e. The van der Waals surface area contributed by atoms with Crippen LogP contribution in [-0.4, -0.2) is 51.9 Å². The number of carbonyl (C=O) groups excluding carboxylic acids is 1. The third kappa shape index (κ3) is 3.97. The van der Waals surface area contributed by atoms with Crippen LogP contribution in [0.15, 0.2) is 47.7 Å². The Morgan fingerprint density at radius 1 is 1.19 bits per heavy atom. The third-order valence-electron chi connectivity index (χ3n) is 5.71. The van der Waals surface area contributed by atoms with Crippen molar-refractivity contribution in [3.8, 4) is 0 Å². The molecule has 8 nitrogen and oxygen atoms in total. The van der Waals surface area contributed by atoms with E-state index in [4.69, 9.17) is 14.5 Å². The van der Waals surface area contributed by atoms with Crippen LogP contribution in [0, 0.1) is 0 Å². The Morgan fingerprint density at radius 3 is 2.87 bits per heavy atom. The second kappa shape index (κ2) is 8.37. The summed E-state index contributed by atoms with van der Waals surface area (Å²) >= 11 is 0. The molecule has 1 unspecified atom stereocenters. The van der Waals surface area contributed by atoms with Gasteiger partial charge in [-0.15, -0.1) is 0 Å². The van der Waals surface area contributed by atoms with Gasteiger partial charge in [-0.1, -0.05) is 30.3 Å². The van der Waals surface area contributed by atoms with Gasteiger partial charge in [-0.25, -0.2) is 14.7 Å². The van der Waals surface area contributed by atoms with E-state index in [9.17, 15) is 4.79 Å². The molecule has 1 N–H and O–H groups in total. The zero-order chi connectivity index (χ0) is 21.2. The van der Waals surface area contributed by atoms with E-state index in [1.165, 1.54) is 5.56 Å². The number of aliphatic imine (C=N–C) groups is 1. The quantitative estimate of drug-likeness (QED) is 0.618. The second-order valence-corrected chi connectivity index (χ2v) is 7.89. The highest BCUT2D eigenvalue weighted by Gasteiger charge is 2.27. The fourth-order valence-electron chi connectivity index (χ4n) is 4.13. The molecule has 0 aliphatic carbocycles. The number of ether oxygens (including phenoxy) is 2. The average molecular weight is 419 g/mol. The van der Waals surface area contributed by atoms with E-state index >= 15 is 0 Å². The van der Waals surface area contributed by atoms with Crippen LogP contribution in [0.5, 0.6) is 0 Å². The first kappa shape index (κ1) is 19.5. The average Bonchev–Trinajstić information content (AvgIpc) is 3.42. The van der Waals surface area contributed by atoms with Gasteiger partial charge in [0, 0.05) is 25.2 Å². The predicted molar refractivity (Wildman–Crippen MR) is 117 cm³/mol. The number of pyridine rings is 1. The van der Waals surface area contributed by atoms with Crippen molar-refractivity contribution in [1.82, 2.24) is 14.8 Å². The fourth-order valence-corrected chi connectivity index (χ4v) is 4.13. The van der Waals surface area contributed by atoms with E-state index in [0.717, 1.165) is 41.7 Å². The summed E-state index contributed by atoms with van der Waals surface area (Å²) in [6, 6.07) is 10.3. The van der Waals surface area contributed by atoms with Crippen LogP contribution in [-0.2, 0) is 27.2 Å². The lowest BCUT2D eigenvalue weighted by atomic mass is 10.1. The molecule has 4 heterocycles. The van der Waals surface area contributed by atoms with Gasteiger partial charge in [0.15, 0.2) is 5.65 Å². The molecule has 8 heteroatoms. The zero-order valence-corrected chi connectivity index (χ0v) is 17.5. The number of aryl methyl sites for hydroxylation is 1. The van der Waals surface area contributed by atoms with E-state index in [1.54, 1.807) is 6.20 Å². The Balaban J connectivity index is 1.48. The molecule has 0 saturated carbocycles. The van der Waals surface area contributed by atoms with Crippen LogP contribution in [0.1, 0.15) is 30.9 Å². The Labute approximate surface area is 180 Å². The molecule has 1 saturated heterocycles. The van der Waals surface area contributed by atoms with Crippen molar-refractivity contribution in [2.75, 3.05) is 18.5 Å². The van der Waals surface area contributed by atoms with Gasteiger partial charge in [0.05, 0.1) is 41.9 Å². The van der Waals surface area contributed by atoms with Crippen molar-refractivity contribution in [3.05, 3.63) is 53.9 Å². The molecule has 1 fully saturated rings. The largest absolute Gasteiger partial charge is 0.475 e. The number of esters is 1. The summed E-state index contributed by atoms with van der Waals surface area (Å²) in [5.41, 5.74) is 3.70. The van der Waals surface area contributed by atoms with Gasteiger partial charge in [0.1, 0.15) is 6.61 Å². The highest BCUT2D eigenvalue weighted by atomic mass is 16.5. The fraction of sp³-hybridized carbons (Fsp3) is 0.391. The van der Waals surface area contributed by atoms with E-state index in [0.29, 0.717) is 25.5 Å². The van der Waals surface area contributed by atoms with Crippen LogP contribution in [0.25, 0.3) is 11.0 Å². The highest BCUT2D eigenvalue weighted by Crippen LogP contribution is 2.30. The number of nitrogens with zero attached hydrogens (tertiary/aromatic N) is 4. The number of hydrogen-bond acceptors (Lipinski definition) is 7. The lowest BCUT2D eigenvalue weighted by Gasteiger charge is -2.24. The number of carbonyl (C=O) groups is 1. The molecule has 2 aliphatic rings. The first-order chi connectivity index (χ1) is 15.2. The molecule has 0 radical (unpaired) electrons. The van der Waals surface area contributed by atoms with Gasteiger partial charge in [-0.2, -0.15) is 5.10 Å². The van der Waals surface area contributed by atoms with Crippen molar-refractivity contribution in [2.45, 2.75) is 44.8 Å². The maximum atomic E-state index is 11.8. The van der Waals surface area contributed by atoms with Gasteiger partial charge >= 0.3 is 5.97 Å². The number of aromatic nitrogens is 3. The van der Waals surface area contributed by atoms with Crippen molar-refractivity contribution in [2.24, 2.45) is 4.99 Å². The monoisotopic (exact) mass is 419 g/mol. The molecule has 2 aromatic heterocycles. The molecule has 0 bridgehead atoms. The molecular formula is C23H25N5O3. The lowest BCUT2D eigenvalue weighted by Crippen LogP contribution is -2.31. The Kier molecular flexibility index (Phi) is 5.28. The van der Waals surface area contributed by atoms with Crippen molar-refractivity contribution in [1.29, 1.82) is 0 Å². The van der Waals surface area contributed by atoms with Crippen LogP contribution in [0.3, 0.4) is 0 Å². The molecule has 3 aromatic rings. The van der Waals surface area contributed by atoms with E-state index in [-0.39, 0.29) is 18.1 Å². The molecule has 2 aliphatic heterocycles. The number of nitrogens with one attached hydrogen (secondary N) is 1. The predicted octanol–water partition coefficient (Wildman–Crippen LogP) is 2.96. The molecule has 160 valence electrons. The van der Waals surface area contributed by atoms with Crippen LogP contribution in [0.4, 0.5) is 5.69 Å². The minimum atomic E-state index is -0.183. The van der Waals surface area contributed by atoms with Crippen LogP contribution >= 0.6 is 0 Å². The lowest BCUT2D eigenvalue weighted by molar-refractivity contribution is -0.147. The summed E-state index contributed by atoms with van der Waals surface area (Å²) in [5.74, 6) is 0.401. The van der Waals surface area contributed by atoms with E-state index in [1.807, 2.05) is 36.0 Å². The molecule has 31 heavy (non-hydrogen) atoms. The summed E-state index contributed by atoms with van der Waals surface area (Å²) in [5, 5.41) is 8.91. The maximum absolute atomic E-state index is 11.8.